The van der Waals surface area contributed by atoms with Gasteiger partial charge >= 0.3 is 0 Å². The highest BCUT2D eigenvalue weighted by molar-refractivity contribution is 7.98. The summed E-state index contributed by atoms with van der Waals surface area (Å²) in [5.41, 5.74) is 5.32. The van der Waals surface area contributed by atoms with Crippen LogP contribution in [0.5, 0.6) is 11.5 Å². The fourth-order valence-electron chi connectivity index (χ4n) is 2.14. The minimum Gasteiger partial charge on any atom is -0.493 e. The van der Waals surface area contributed by atoms with Crippen molar-refractivity contribution < 1.29 is 19.1 Å². The zero-order chi connectivity index (χ0) is 19.1. The number of ether oxygens (including phenoxy) is 2. The van der Waals surface area contributed by atoms with Crippen LogP contribution in [-0.2, 0) is 0 Å². The van der Waals surface area contributed by atoms with E-state index in [4.69, 9.17) is 21.1 Å². The zero-order valence-corrected chi connectivity index (χ0v) is 16.2. The molecule has 2 aromatic rings. The second kappa shape index (κ2) is 9.35. The van der Waals surface area contributed by atoms with Gasteiger partial charge in [-0.05, 0) is 49.6 Å². The highest BCUT2D eigenvalue weighted by atomic mass is 35.5. The zero-order valence-electron chi connectivity index (χ0n) is 14.6. The third kappa shape index (κ3) is 4.83. The monoisotopic (exact) mass is 394 g/mol. The van der Waals surface area contributed by atoms with Crippen LogP contribution in [0, 0.1) is 0 Å². The number of rotatable bonds is 6. The van der Waals surface area contributed by atoms with Crippen molar-refractivity contribution in [3.05, 3.63) is 52.5 Å². The second-order valence-corrected chi connectivity index (χ2v) is 6.34. The van der Waals surface area contributed by atoms with Gasteiger partial charge < -0.3 is 9.47 Å². The van der Waals surface area contributed by atoms with Crippen molar-refractivity contribution in [1.29, 1.82) is 0 Å². The molecule has 2 N–H and O–H groups in total. The Morgan fingerprint density at radius 3 is 2.46 bits per heavy atom. The number of hydrogen-bond acceptors (Lipinski definition) is 5. The van der Waals surface area contributed by atoms with E-state index in [0.29, 0.717) is 28.7 Å². The van der Waals surface area contributed by atoms with E-state index < -0.39 is 11.8 Å². The number of methoxy groups -OCH3 is 1. The summed E-state index contributed by atoms with van der Waals surface area (Å²) in [6, 6.07) is 9.87. The van der Waals surface area contributed by atoms with E-state index in [1.807, 2.05) is 19.2 Å². The van der Waals surface area contributed by atoms with E-state index in [1.54, 1.807) is 24.3 Å². The number of amides is 2. The molecular formula is C18H19ClN2O4S. The molecule has 0 radical (unpaired) electrons. The molecule has 0 atom stereocenters. The number of hydrazine groups is 1. The van der Waals surface area contributed by atoms with Gasteiger partial charge in [-0.2, -0.15) is 0 Å². The van der Waals surface area contributed by atoms with Gasteiger partial charge in [-0.1, -0.05) is 11.6 Å². The van der Waals surface area contributed by atoms with E-state index in [0.717, 1.165) is 4.90 Å². The molecule has 8 heteroatoms. The van der Waals surface area contributed by atoms with Gasteiger partial charge in [-0.25, -0.2) is 0 Å². The average molecular weight is 395 g/mol. The second-order valence-electron chi connectivity index (χ2n) is 5.05. The van der Waals surface area contributed by atoms with Crippen LogP contribution in [0.1, 0.15) is 27.6 Å². The number of carbonyl (C=O) groups is 2. The minimum absolute atomic E-state index is 0.281. The molecule has 0 aliphatic carbocycles. The summed E-state index contributed by atoms with van der Waals surface area (Å²) < 4.78 is 10.6. The van der Waals surface area contributed by atoms with Crippen LogP contribution in [-0.4, -0.2) is 31.8 Å². The maximum atomic E-state index is 12.3. The Hall–Kier alpha value is -2.38. The van der Waals surface area contributed by atoms with Gasteiger partial charge in [0.15, 0.2) is 11.5 Å². The highest BCUT2D eigenvalue weighted by Crippen LogP contribution is 2.28. The van der Waals surface area contributed by atoms with E-state index in [9.17, 15) is 9.59 Å². The van der Waals surface area contributed by atoms with Crippen LogP contribution in [0.4, 0.5) is 0 Å². The molecule has 2 aromatic carbocycles. The number of hydrogen-bond donors (Lipinski definition) is 2. The van der Waals surface area contributed by atoms with Gasteiger partial charge in [0.2, 0.25) is 0 Å². The topological polar surface area (TPSA) is 76.7 Å². The fourth-order valence-corrected chi connectivity index (χ4v) is 2.79. The maximum Gasteiger partial charge on any atom is 0.271 e. The van der Waals surface area contributed by atoms with Crippen LogP contribution < -0.4 is 20.3 Å². The molecule has 2 amide bonds. The summed E-state index contributed by atoms with van der Waals surface area (Å²) in [7, 11) is 1.49. The molecule has 26 heavy (non-hydrogen) atoms. The molecule has 0 fully saturated rings. The lowest BCUT2D eigenvalue weighted by Crippen LogP contribution is -2.41. The van der Waals surface area contributed by atoms with Crippen LogP contribution in [0.2, 0.25) is 5.02 Å². The summed E-state index contributed by atoms with van der Waals surface area (Å²) in [4.78, 5) is 25.4. The number of nitrogens with one attached hydrogen (secondary N) is 2. The Labute approximate surface area is 161 Å². The molecular weight excluding hydrogens is 376 g/mol. The van der Waals surface area contributed by atoms with Gasteiger partial charge in [0.25, 0.3) is 11.8 Å². The Morgan fingerprint density at radius 2 is 1.81 bits per heavy atom. The molecule has 6 nitrogen and oxygen atoms in total. The van der Waals surface area contributed by atoms with Crippen molar-refractivity contribution in [2.75, 3.05) is 20.0 Å². The number of carbonyl (C=O) groups excluding carboxylic acids is 2. The molecule has 0 saturated heterocycles. The lowest BCUT2D eigenvalue weighted by Gasteiger charge is -2.12. The Bertz CT molecular complexity index is 814. The largest absolute Gasteiger partial charge is 0.493 e. The van der Waals surface area contributed by atoms with Crippen molar-refractivity contribution in [3.8, 4) is 11.5 Å². The van der Waals surface area contributed by atoms with Crippen LogP contribution >= 0.6 is 23.4 Å². The normalized spacial score (nSPS) is 10.2. The predicted molar refractivity (Wildman–Crippen MR) is 102 cm³/mol. The third-order valence-corrected chi connectivity index (χ3v) is 4.49. The first-order chi connectivity index (χ1) is 12.5. The lowest BCUT2D eigenvalue weighted by molar-refractivity contribution is 0.0846. The van der Waals surface area contributed by atoms with E-state index in [2.05, 4.69) is 10.9 Å². The molecule has 138 valence electrons. The first-order valence-corrected chi connectivity index (χ1v) is 9.35. The molecule has 0 aliphatic heterocycles. The first-order valence-electron chi connectivity index (χ1n) is 7.75. The van der Waals surface area contributed by atoms with Crippen molar-refractivity contribution in [2.45, 2.75) is 11.8 Å². The molecule has 0 unspecified atom stereocenters. The molecule has 0 spiro atoms. The smallest absolute Gasteiger partial charge is 0.271 e. The molecule has 0 aliphatic rings. The molecule has 0 heterocycles. The predicted octanol–water partition coefficient (Wildman–Crippen LogP) is 3.54. The number of halogens is 1. The van der Waals surface area contributed by atoms with Gasteiger partial charge in [-0.15, -0.1) is 11.8 Å². The van der Waals surface area contributed by atoms with Gasteiger partial charge in [0.1, 0.15) is 0 Å². The Balaban J connectivity index is 2.07. The third-order valence-electron chi connectivity index (χ3n) is 3.43. The van der Waals surface area contributed by atoms with E-state index in [-0.39, 0.29) is 5.56 Å². The van der Waals surface area contributed by atoms with E-state index >= 15 is 0 Å². The van der Waals surface area contributed by atoms with Crippen LogP contribution in [0.25, 0.3) is 0 Å². The quantitative estimate of drug-likeness (QED) is 0.578. The van der Waals surface area contributed by atoms with Crippen LogP contribution in [0.3, 0.4) is 0 Å². The highest BCUT2D eigenvalue weighted by Gasteiger charge is 2.14. The summed E-state index contributed by atoms with van der Waals surface area (Å²) in [5.74, 6) is -0.0215. The standard InChI is InChI=1S/C18H19ClN2O4S/c1-4-25-15-8-5-11(9-16(15)24-2)17(22)20-21-18(23)13-10-12(26-3)6-7-14(13)19/h5-10H,4H2,1-3H3,(H,20,22)(H,21,23). The van der Waals surface area contributed by atoms with Crippen LogP contribution in [0.15, 0.2) is 41.3 Å². The summed E-state index contributed by atoms with van der Waals surface area (Å²) >= 11 is 7.54. The van der Waals surface area contributed by atoms with Crippen molar-refractivity contribution in [2.24, 2.45) is 0 Å². The number of benzene rings is 2. The van der Waals surface area contributed by atoms with E-state index in [1.165, 1.54) is 24.9 Å². The molecule has 2 rings (SSSR count). The summed E-state index contributed by atoms with van der Waals surface area (Å²) in [6.07, 6.45) is 1.89. The summed E-state index contributed by atoms with van der Waals surface area (Å²) in [5, 5.41) is 0.303. The van der Waals surface area contributed by atoms with Crippen molar-refractivity contribution in [3.63, 3.8) is 0 Å². The van der Waals surface area contributed by atoms with Gasteiger partial charge in [0.05, 0.1) is 24.3 Å². The van der Waals surface area contributed by atoms with Crippen molar-refractivity contribution >= 4 is 35.2 Å². The maximum absolute atomic E-state index is 12.3. The first kappa shape index (κ1) is 19.9. The molecule has 0 saturated carbocycles. The van der Waals surface area contributed by atoms with Gasteiger partial charge in [-0.3, -0.25) is 20.4 Å². The molecule has 0 aromatic heterocycles. The minimum atomic E-state index is -0.503. The van der Waals surface area contributed by atoms with Crippen molar-refractivity contribution in [1.82, 2.24) is 10.9 Å². The summed E-state index contributed by atoms with van der Waals surface area (Å²) in [6.45, 7) is 2.33. The molecule has 0 bridgehead atoms. The number of thioether (sulfide) groups is 1. The fraction of sp³-hybridized carbons (Fsp3) is 0.222. The Morgan fingerprint density at radius 1 is 1.08 bits per heavy atom. The lowest BCUT2D eigenvalue weighted by atomic mass is 10.2. The Kier molecular flexibility index (Phi) is 7.17. The SMILES string of the molecule is CCOc1ccc(C(=O)NNC(=O)c2cc(SC)ccc2Cl)cc1OC. The van der Waals surface area contributed by atoms with Gasteiger partial charge in [0, 0.05) is 10.5 Å². The average Bonchev–Trinajstić information content (AvgIpc) is 2.66.